The maximum Gasteiger partial charge on any atom is 0.221 e. The number of hydrogen-bond acceptors (Lipinski definition) is 1. The molecule has 2 aromatic carbocycles. The van der Waals surface area contributed by atoms with Crippen molar-refractivity contribution in [3.63, 3.8) is 0 Å². The largest absolute Gasteiger partial charge is 0.281 e. The lowest BCUT2D eigenvalue weighted by molar-refractivity contribution is -0.111. The van der Waals surface area contributed by atoms with Crippen LogP contribution >= 0.6 is 11.6 Å². The second kappa shape index (κ2) is 4.46. The van der Waals surface area contributed by atoms with Crippen LogP contribution in [0.2, 0.25) is 0 Å². The molecule has 0 aromatic heterocycles. The predicted octanol–water partition coefficient (Wildman–Crippen LogP) is 4.67. The molecule has 100 valence electrons. The second-order valence-corrected chi connectivity index (χ2v) is 6.22. The topological polar surface area (TPSA) is 17.1 Å². The van der Waals surface area contributed by atoms with Crippen molar-refractivity contribution in [3.05, 3.63) is 53.1 Å². The van der Waals surface area contributed by atoms with Crippen molar-refractivity contribution in [2.45, 2.75) is 25.2 Å². The third kappa shape index (κ3) is 1.89. The molecule has 2 atom stereocenters. The third-order valence-electron chi connectivity index (χ3n) is 4.54. The summed E-state index contributed by atoms with van der Waals surface area (Å²) >= 11 is 5.56. The average Bonchev–Trinajstić information content (AvgIpc) is 3.22. The predicted molar refractivity (Wildman–Crippen MR) is 83.0 cm³/mol. The Morgan fingerprint density at radius 1 is 1.30 bits per heavy atom. The summed E-state index contributed by atoms with van der Waals surface area (Å²) in [4.78, 5) is 11.2. The molecule has 2 aliphatic carbocycles. The summed E-state index contributed by atoms with van der Waals surface area (Å²) in [6.45, 7) is 0. The van der Waals surface area contributed by atoms with Crippen LogP contribution in [0, 0.1) is 5.92 Å². The molecule has 0 N–H and O–H groups in total. The number of aryl methyl sites for hydroxylation is 1. The van der Waals surface area contributed by atoms with Gasteiger partial charge in [0.15, 0.2) is 0 Å². The molecule has 20 heavy (non-hydrogen) atoms. The number of carbonyl (C=O) groups excluding carboxylic acids is 1. The van der Waals surface area contributed by atoms with E-state index >= 15 is 0 Å². The number of rotatable bonds is 3. The zero-order valence-electron chi connectivity index (χ0n) is 11.1. The van der Waals surface area contributed by atoms with E-state index in [0.29, 0.717) is 18.3 Å². The van der Waals surface area contributed by atoms with E-state index in [1.165, 1.54) is 33.9 Å². The minimum absolute atomic E-state index is 0.245. The van der Waals surface area contributed by atoms with Crippen molar-refractivity contribution in [1.29, 1.82) is 0 Å². The van der Waals surface area contributed by atoms with Crippen LogP contribution in [0.15, 0.2) is 36.4 Å². The van der Waals surface area contributed by atoms with E-state index in [4.69, 9.17) is 11.6 Å². The lowest BCUT2D eigenvalue weighted by atomic mass is 9.86. The van der Waals surface area contributed by atoms with E-state index in [9.17, 15) is 4.79 Å². The molecular formula is C18H15ClO. The highest BCUT2D eigenvalue weighted by Gasteiger charge is 2.41. The van der Waals surface area contributed by atoms with Gasteiger partial charge in [0.1, 0.15) is 0 Å². The summed E-state index contributed by atoms with van der Waals surface area (Å²) in [6, 6.07) is 10.7. The Balaban J connectivity index is 1.94. The molecule has 0 heterocycles. The molecule has 2 unspecified atom stereocenters. The van der Waals surface area contributed by atoms with E-state index in [1.807, 2.05) is 0 Å². The van der Waals surface area contributed by atoms with E-state index < -0.39 is 0 Å². The summed E-state index contributed by atoms with van der Waals surface area (Å²) in [7, 11) is 0. The molecule has 0 spiro atoms. The van der Waals surface area contributed by atoms with Crippen LogP contribution in [0.3, 0.4) is 0 Å². The van der Waals surface area contributed by atoms with Gasteiger partial charge in [0, 0.05) is 6.42 Å². The zero-order valence-corrected chi connectivity index (χ0v) is 11.9. The van der Waals surface area contributed by atoms with Gasteiger partial charge in [0.2, 0.25) is 5.24 Å². The maximum atomic E-state index is 11.2. The van der Waals surface area contributed by atoms with Crippen molar-refractivity contribution < 1.29 is 4.79 Å². The van der Waals surface area contributed by atoms with E-state index in [0.717, 1.165) is 6.42 Å². The van der Waals surface area contributed by atoms with Crippen LogP contribution < -0.4 is 0 Å². The van der Waals surface area contributed by atoms with Crippen LogP contribution in [0.4, 0.5) is 0 Å². The van der Waals surface area contributed by atoms with Gasteiger partial charge in [-0.15, -0.1) is 0 Å². The Kier molecular flexibility index (Phi) is 2.71. The highest BCUT2D eigenvalue weighted by molar-refractivity contribution is 6.63. The van der Waals surface area contributed by atoms with Gasteiger partial charge in [-0.05, 0) is 69.8 Å². The molecule has 0 saturated heterocycles. The highest BCUT2D eigenvalue weighted by atomic mass is 35.5. The molecule has 2 heteroatoms. The van der Waals surface area contributed by atoms with Crippen LogP contribution in [-0.2, 0) is 11.2 Å². The molecule has 1 nitrogen and oxygen atoms in total. The van der Waals surface area contributed by atoms with Gasteiger partial charge in [-0.2, -0.15) is 0 Å². The van der Waals surface area contributed by atoms with Gasteiger partial charge in [-0.25, -0.2) is 0 Å². The molecule has 1 fully saturated rings. The molecule has 0 bridgehead atoms. The number of benzene rings is 2. The van der Waals surface area contributed by atoms with Gasteiger partial charge in [0.25, 0.3) is 0 Å². The quantitative estimate of drug-likeness (QED) is 0.748. The lowest BCUT2D eigenvalue weighted by Crippen LogP contribution is -2.03. The maximum absolute atomic E-state index is 11.2. The van der Waals surface area contributed by atoms with Crippen LogP contribution in [-0.4, -0.2) is 5.24 Å². The van der Waals surface area contributed by atoms with E-state index in [2.05, 4.69) is 42.5 Å². The van der Waals surface area contributed by atoms with Crippen LogP contribution in [0.25, 0.3) is 16.8 Å². The Morgan fingerprint density at radius 2 is 2.15 bits per heavy atom. The fraction of sp³-hybridized carbons (Fsp3) is 0.278. The summed E-state index contributed by atoms with van der Waals surface area (Å²) in [6.07, 6.45) is 7.01. The Hall–Kier alpha value is -1.60. The molecule has 1 saturated carbocycles. The SMILES string of the molecule is O=C(Cl)CCc1c2c(cc3ccccc13)C=CC1CC21. The van der Waals surface area contributed by atoms with Gasteiger partial charge in [-0.3, -0.25) is 4.79 Å². The van der Waals surface area contributed by atoms with E-state index in [-0.39, 0.29) is 5.24 Å². The minimum Gasteiger partial charge on any atom is -0.281 e. The number of halogens is 1. The normalized spacial score (nSPS) is 22.4. The zero-order chi connectivity index (χ0) is 13.7. The van der Waals surface area contributed by atoms with Crippen LogP contribution in [0.5, 0.6) is 0 Å². The van der Waals surface area contributed by atoms with Crippen molar-refractivity contribution in [3.8, 4) is 0 Å². The summed E-state index contributed by atoms with van der Waals surface area (Å²) in [5, 5.41) is 2.29. The van der Waals surface area contributed by atoms with Crippen molar-refractivity contribution in [2.24, 2.45) is 5.92 Å². The first-order valence-corrected chi connectivity index (χ1v) is 7.53. The lowest BCUT2D eigenvalue weighted by Gasteiger charge is -2.18. The Bertz CT molecular complexity index is 744. The number of hydrogen-bond donors (Lipinski definition) is 0. The Morgan fingerprint density at radius 3 is 3.00 bits per heavy atom. The smallest absolute Gasteiger partial charge is 0.221 e. The standard InChI is InChI=1S/C18H15ClO/c19-17(20)8-7-15-14-4-2-1-3-11(14)9-13-6-5-12-10-16(12)18(13)15/h1-6,9,12,16H,7-8,10H2. The Labute approximate surface area is 123 Å². The van der Waals surface area contributed by atoms with Gasteiger partial charge < -0.3 is 0 Å². The van der Waals surface area contributed by atoms with Crippen molar-refractivity contribution in [1.82, 2.24) is 0 Å². The van der Waals surface area contributed by atoms with Gasteiger partial charge in [0.05, 0.1) is 0 Å². The second-order valence-electron chi connectivity index (χ2n) is 5.80. The third-order valence-corrected chi connectivity index (χ3v) is 4.73. The number of allylic oxidation sites excluding steroid dienone is 1. The van der Waals surface area contributed by atoms with Crippen molar-refractivity contribution in [2.75, 3.05) is 0 Å². The highest BCUT2D eigenvalue weighted by Crippen LogP contribution is 2.54. The monoisotopic (exact) mass is 282 g/mol. The molecule has 4 rings (SSSR count). The van der Waals surface area contributed by atoms with E-state index in [1.54, 1.807) is 0 Å². The fourth-order valence-corrected chi connectivity index (χ4v) is 3.61. The molecule has 2 aromatic rings. The molecule has 0 aliphatic heterocycles. The first-order valence-electron chi connectivity index (χ1n) is 7.15. The molecule has 0 amide bonds. The summed E-state index contributed by atoms with van der Waals surface area (Å²) in [5.41, 5.74) is 4.14. The van der Waals surface area contributed by atoms with Gasteiger partial charge in [-0.1, -0.05) is 36.4 Å². The first-order chi connectivity index (χ1) is 9.74. The minimum atomic E-state index is -0.245. The summed E-state index contributed by atoms with van der Waals surface area (Å²) < 4.78 is 0. The van der Waals surface area contributed by atoms with Gasteiger partial charge >= 0.3 is 0 Å². The summed E-state index contributed by atoms with van der Waals surface area (Å²) in [5.74, 6) is 1.38. The van der Waals surface area contributed by atoms with Crippen LogP contribution in [0.1, 0.15) is 35.4 Å². The molecule has 2 aliphatic rings. The van der Waals surface area contributed by atoms with Crippen molar-refractivity contribution >= 4 is 33.7 Å². The fourth-order valence-electron chi connectivity index (χ4n) is 3.52. The number of fused-ring (bicyclic) bond motifs is 4. The molecular weight excluding hydrogens is 268 g/mol. The average molecular weight is 283 g/mol. The first kappa shape index (κ1) is 12.2. The number of carbonyl (C=O) groups is 1. The molecule has 0 radical (unpaired) electrons.